The summed E-state index contributed by atoms with van der Waals surface area (Å²) in [5, 5.41) is 8.93. The third-order valence-corrected chi connectivity index (χ3v) is 5.45. The van der Waals surface area contributed by atoms with Gasteiger partial charge in [0.15, 0.2) is 0 Å². The van der Waals surface area contributed by atoms with Crippen LogP contribution in [0.2, 0.25) is 0 Å². The van der Waals surface area contributed by atoms with Gasteiger partial charge in [-0.3, -0.25) is 14.6 Å². The Morgan fingerprint density at radius 2 is 1.63 bits per heavy atom. The van der Waals surface area contributed by atoms with Gasteiger partial charge in [0.1, 0.15) is 0 Å². The summed E-state index contributed by atoms with van der Waals surface area (Å²) >= 11 is 0. The third kappa shape index (κ3) is 3.41. The van der Waals surface area contributed by atoms with Crippen molar-refractivity contribution in [2.45, 2.75) is 18.9 Å². The highest BCUT2D eigenvalue weighted by atomic mass is 16.2. The molecule has 2 bridgehead atoms. The Kier molecular flexibility index (Phi) is 4.59. The van der Waals surface area contributed by atoms with Crippen molar-refractivity contribution in [2.24, 2.45) is 5.92 Å². The number of nitriles is 1. The number of rotatable bonds is 2. The zero-order valence-electron chi connectivity index (χ0n) is 14.9. The van der Waals surface area contributed by atoms with Crippen LogP contribution in [0.4, 0.5) is 0 Å². The van der Waals surface area contributed by atoms with Crippen molar-refractivity contribution in [1.82, 2.24) is 14.8 Å². The minimum Gasteiger partial charge on any atom is -0.336 e. The molecule has 3 aliphatic heterocycles. The molecular weight excluding hydrogens is 340 g/mol. The molecule has 0 radical (unpaired) electrons. The van der Waals surface area contributed by atoms with Gasteiger partial charge in [0.25, 0.3) is 11.8 Å². The molecule has 6 heteroatoms. The Labute approximate surface area is 158 Å². The van der Waals surface area contributed by atoms with E-state index in [0.29, 0.717) is 36.3 Å². The molecule has 2 aromatic rings. The van der Waals surface area contributed by atoms with Crippen molar-refractivity contribution in [1.29, 1.82) is 5.26 Å². The quantitative estimate of drug-likeness (QED) is 0.823. The zero-order chi connectivity index (χ0) is 18.8. The monoisotopic (exact) mass is 360 g/mol. The number of aromatic nitrogens is 1. The number of hydrogen-bond acceptors (Lipinski definition) is 4. The number of amides is 2. The molecule has 27 heavy (non-hydrogen) atoms. The first-order chi connectivity index (χ1) is 13.2. The smallest absolute Gasteiger partial charge is 0.254 e. The normalized spacial score (nSPS) is 21.4. The molecule has 0 spiro atoms. The highest BCUT2D eigenvalue weighted by molar-refractivity contribution is 5.95. The molecule has 2 atom stereocenters. The Hall–Kier alpha value is -3.20. The average Bonchev–Trinajstić information content (AvgIpc) is 3.05. The summed E-state index contributed by atoms with van der Waals surface area (Å²) in [5.74, 6) is 0.270. The third-order valence-electron chi connectivity index (χ3n) is 5.45. The lowest BCUT2D eigenvalue weighted by Crippen LogP contribution is -2.47. The second-order valence-electron chi connectivity index (χ2n) is 7.19. The van der Waals surface area contributed by atoms with Crippen LogP contribution in [-0.2, 0) is 0 Å². The molecule has 1 aromatic heterocycles. The number of pyridine rings is 1. The van der Waals surface area contributed by atoms with Crippen molar-refractivity contribution in [3.8, 4) is 6.07 Å². The molecular formula is C21H20N4O2. The Balaban J connectivity index is 1.53. The molecule has 1 aromatic carbocycles. The molecule has 0 unspecified atom stereocenters. The SMILES string of the molecule is N#Cc1ccc(C(=O)N2C[C@H]3CC[C@@H]2CN(C(=O)c2ccncc2)C3)cc1. The van der Waals surface area contributed by atoms with Gasteiger partial charge in [-0.05, 0) is 55.2 Å². The minimum atomic E-state index is -0.0209. The van der Waals surface area contributed by atoms with E-state index in [9.17, 15) is 9.59 Å². The summed E-state index contributed by atoms with van der Waals surface area (Å²) in [6.45, 7) is 1.90. The fourth-order valence-corrected chi connectivity index (χ4v) is 4.03. The lowest BCUT2D eigenvalue weighted by Gasteiger charge is -2.36. The van der Waals surface area contributed by atoms with E-state index in [1.807, 2.05) is 9.80 Å². The van der Waals surface area contributed by atoms with Gasteiger partial charge in [0.2, 0.25) is 0 Å². The molecule has 2 amide bonds. The Morgan fingerprint density at radius 3 is 2.33 bits per heavy atom. The molecule has 0 N–H and O–H groups in total. The van der Waals surface area contributed by atoms with Crippen LogP contribution in [-0.4, -0.2) is 52.3 Å². The van der Waals surface area contributed by atoms with Crippen LogP contribution in [0.1, 0.15) is 39.1 Å². The van der Waals surface area contributed by atoms with Crippen LogP contribution in [0.3, 0.4) is 0 Å². The molecule has 3 aliphatic rings. The molecule has 4 heterocycles. The van der Waals surface area contributed by atoms with Crippen LogP contribution in [0, 0.1) is 17.2 Å². The van der Waals surface area contributed by atoms with Crippen LogP contribution < -0.4 is 0 Å². The summed E-state index contributed by atoms with van der Waals surface area (Å²) in [7, 11) is 0. The maximum Gasteiger partial charge on any atom is 0.254 e. The molecule has 5 rings (SSSR count). The van der Waals surface area contributed by atoms with Crippen molar-refractivity contribution >= 4 is 11.8 Å². The molecule has 6 nitrogen and oxygen atoms in total. The number of carbonyl (C=O) groups excluding carboxylic acids is 2. The van der Waals surface area contributed by atoms with E-state index in [1.54, 1.807) is 48.8 Å². The highest BCUT2D eigenvalue weighted by Gasteiger charge is 2.39. The largest absolute Gasteiger partial charge is 0.336 e. The number of nitrogens with zero attached hydrogens (tertiary/aromatic N) is 4. The van der Waals surface area contributed by atoms with Crippen LogP contribution in [0.5, 0.6) is 0 Å². The first-order valence-corrected chi connectivity index (χ1v) is 9.16. The number of hydrogen-bond donors (Lipinski definition) is 0. The van der Waals surface area contributed by atoms with E-state index in [1.165, 1.54) is 0 Å². The minimum absolute atomic E-state index is 0.00183. The predicted octanol–water partition coefficient (Wildman–Crippen LogP) is 2.33. The average molecular weight is 360 g/mol. The lowest BCUT2D eigenvalue weighted by atomic mass is 9.94. The maximum atomic E-state index is 13.0. The van der Waals surface area contributed by atoms with E-state index in [2.05, 4.69) is 11.1 Å². The molecule has 3 saturated heterocycles. The summed E-state index contributed by atoms with van der Waals surface area (Å²) in [6.07, 6.45) is 5.19. The van der Waals surface area contributed by atoms with Gasteiger partial charge in [-0.15, -0.1) is 0 Å². The van der Waals surface area contributed by atoms with Gasteiger partial charge >= 0.3 is 0 Å². The number of carbonyl (C=O) groups is 2. The summed E-state index contributed by atoms with van der Waals surface area (Å²) in [5.41, 5.74) is 1.77. The topological polar surface area (TPSA) is 77.3 Å². The second-order valence-corrected chi connectivity index (χ2v) is 7.19. The van der Waals surface area contributed by atoms with Gasteiger partial charge < -0.3 is 9.80 Å². The Morgan fingerprint density at radius 1 is 0.926 bits per heavy atom. The summed E-state index contributed by atoms with van der Waals surface area (Å²) in [4.78, 5) is 33.6. The fraction of sp³-hybridized carbons (Fsp3) is 0.333. The standard InChI is InChI=1S/C21H20N4O2/c22-11-15-1-4-17(5-2-15)21(27)25-13-16-3-6-19(25)14-24(12-16)20(26)18-7-9-23-10-8-18/h1-2,4-5,7-10,16,19H,3,6,12-14H2/t16-,19+/m0/s1. The van der Waals surface area contributed by atoms with E-state index in [-0.39, 0.29) is 23.8 Å². The van der Waals surface area contributed by atoms with E-state index >= 15 is 0 Å². The highest BCUT2D eigenvalue weighted by Crippen LogP contribution is 2.30. The second kappa shape index (κ2) is 7.20. The summed E-state index contributed by atoms with van der Waals surface area (Å²) < 4.78 is 0. The zero-order valence-corrected chi connectivity index (χ0v) is 14.9. The van der Waals surface area contributed by atoms with Gasteiger partial charge in [0.05, 0.1) is 11.6 Å². The van der Waals surface area contributed by atoms with Crippen molar-refractivity contribution in [2.75, 3.05) is 19.6 Å². The first-order valence-electron chi connectivity index (χ1n) is 9.16. The molecule has 0 aliphatic carbocycles. The number of fused-ring (bicyclic) bond motifs is 4. The van der Waals surface area contributed by atoms with Crippen molar-refractivity contribution in [3.05, 3.63) is 65.5 Å². The number of benzene rings is 1. The van der Waals surface area contributed by atoms with Crippen molar-refractivity contribution in [3.63, 3.8) is 0 Å². The van der Waals surface area contributed by atoms with Gasteiger partial charge in [-0.25, -0.2) is 0 Å². The molecule has 136 valence electrons. The number of piperidine rings is 1. The fourth-order valence-electron chi connectivity index (χ4n) is 4.03. The van der Waals surface area contributed by atoms with Crippen LogP contribution in [0.25, 0.3) is 0 Å². The predicted molar refractivity (Wildman–Crippen MR) is 98.8 cm³/mol. The lowest BCUT2D eigenvalue weighted by molar-refractivity contribution is 0.0574. The van der Waals surface area contributed by atoms with Gasteiger partial charge in [-0.1, -0.05) is 0 Å². The van der Waals surface area contributed by atoms with Crippen molar-refractivity contribution < 1.29 is 9.59 Å². The Bertz CT molecular complexity index is 889. The van der Waals surface area contributed by atoms with E-state index in [0.717, 1.165) is 12.8 Å². The van der Waals surface area contributed by atoms with Crippen LogP contribution in [0.15, 0.2) is 48.8 Å². The van der Waals surface area contributed by atoms with E-state index < -0.39 is 0 Å². The maximum absolute atomic E-state index is 13.0. The van der Waals surface area contributed by atoms with E-state index in [4.69, 9.17) is 5.26 Å². The first kappa shape index (κ1) is 17.2. The van der Waals surface area contributed by atoms with Gasteiger partial charge in [0, 0.05) is 49.2 Å². The van der Waals surface area contributed by atoms with Crippen LogP contribution >= 0.6 is 0 Å². The summed E-state index contributed by atoms with van der Waals surface area (Å²) in [6, 6.07) is 12.3. The van der Waals surface area contributed by atoms with Gasteiger partial charge in [-0.2, -0.15) is 5.26 Å². The molecule has 0 saturated carbocycles. The molecule has 3 fully saturated rings.